The number of nitrogens with zero attached hydrogens (tertiary/aromatic N) is 1. The molecular weight excluding hydrogens is 368 g/mol. The number of esters is 2. The Morgan fingerprint density at radius 1 is 1.07 bits per heavy atom. The molecule has 0 atom stereocenters. The maximum absolute atomic E-state index is 12.5. The Bertz CT molecular complexity index is 843. The van der Waals surface area contributed by atoms with Crippen molar-refractivity contribution in [2.45, 2.75) is 46.8 Å². The zero-order chi connectivity index (χ0) is 20.1. The first-order chi connectivity index (χ1) is 12.7. The van der Waals surface area contributed by atoms with Crippen molar-refractivity contribution < 1.29 is 23.9 Å². The van der Waals surface area contributed by atoms with Gasteiger partial charge in [0.2, 0.25) is 0 Å². The van der Waals surface area contributed by atoms with Crippen LogP contribution in [0.2, 0.25) is 0 Å². The highest BCUT2D eigenvalue weighted by atomic mass is 32.1. The number of anilines is 1. The van der Waals surface area contributed by atoms with Gasteiger partial charge in [0.15, 0.2) is 0 Å². The number of nitrogens with one attached hydrogen (secondary N) is 1. The molecule has 2 aromatic heterocycles. The van der Waals surface area contributed by atoms with Crippen molar-refractivity contribution in [1.29, 1.82) is 0 Å². The summed E-state index contributed by atoms with van der Waals surface area (Å²) >= 11 is 0.987. The molecule has 0 aliphatic carbocycles. The zero-order valence-electron chi connectivity index (χ0n) is 15.9. The lowest BCUT2D eigenvalue weighted by Gasteiger charge is -2.10. The Morgan fingerprint density at radius 2 is 1.70 bits per heavy atom. The standard InChI is InChI=1S/C19H22N2O5S/c1-10(2)25-18(23)14-12(5)15(19(24)26-11(3)4)27-17(14)21-16(22)13-7-6-8-20-9-13/h6-11H,1-5H3,(H,21,22). The first-order valence-corrected chi connectivity index (χ1v) is 9.29. The van der Waals surface area contributed by atoms with Crippen LogP contribution >= 0.6 is 11.3 Å². The second-order valence-electron chi connectivity index (χ2n) is 6.36. The van der Waals surface area contributed by atoms with Crippen LogP contribution in [0.3, 0.4) is 0 Å². The third-order valence-electron chi connectivity index (χ3n) is 3.37. The van der Waals surface area contributed by atoms with Crippen molar-refractivity contribution in [2.24, 2.45) is 0 Å². The largest absolute Gasteiger partial charge is 0.459 e. The van der Waals surface area contributed by atoms with E-state index in [1.165, 1.54) is 6.20 Å². The average Bonchev–Trinajstić information content (AvgIpc) is 2.90. The molecule has 1 N–H and O–H groups in total. The summed E-state index contributed by atoms with van der Waals surface area (Å²) in [5.41, 5.74) is 0.900. The topological polar surface area (TPSA) is 94.6 Å². The molecule has 0 bridgehead atoms. The number of carbonyl (C=O) groups is 3. The lowest BCUT2D eigenvalue weighted by Crippen LogP contribution is -2.17. The number of aromatic nitrogens is 1. The third kappa shape index (κ3) is 5.13. The fraction of sp³-hybridized carbons (Fsp3) is 0.368. The molecule has 0 aliphatic rings. The van der Waals surface area contributed by atoms with Crippen LogP contribution in [0, 0.1) is 6.92 Å². The summed E-state index contributed by atoms with van der Waals surface area (Å²) in [6.45, 7) is 8.55. The van der Waals surface area contributed by atoms with E-state index in [0.717, 1.165) is 11.3 Å². The highest BCUT2D eigenvalue weighted by Crippen LogP contribution is 2.35. The summed E-state index contributed by atoms with van der Waals surface area (Å²) < 4.78 is 10.5. The van der Waals surface area contributed by atoms with E-state index in [0.29, 0.717) is 11.1 Å². The van der Waals surface area contributed by atoms with Crippen LogP contribution in [0.15, 0.2) is 24.5 Å². The Morgan fingerprint density at radius 3 is 2.26 bits per heavy atom. The zero-order valence-corrected chi connectivity index (χ0v) is 16.7. The lowest BCUT2D eigenvalue weighted by atomic mass is 10.1. The molecule has 0 unspecified atom stereocenters. The normalized spacial score (nSPS) is 10.8. The molecule has 144 valence electrons. The first-order valence-electron chi connectivity index (χ1n) is 8.47. The molecule has 8 heteroatoms. The van der Waals surface area contributed by atoms with Gasteiger partial charge in [-0.3, -0.25) is 9.78 Å². The van der Waals surface area contributed by atoms with Crippen LogP contribution in [0.5, 0.6) is 0 Å². The van der Waals surface area contributed by atoms with Gasteiger partial charge in [-0.05, 0) is 52.3 Å². The van der Waals surface area contributed by atoms with E-state index in [2.05, 4.69) is 10.3 Å². The number of rotatable bonds is 6. The van der Waals surface area contributed by atoms with Crippen molar-refractivity contribution in [3.8, 4) is 0 Å². The molecule has 0 aliphatic heterocycles. The number of hydrogen-bond donors (Lipinski definition) is 1. The van der Waals surface area contributed by atoms with Gasteiger partial charge in [-0.15, -0.1) is 11.3 Å². The van der Waals surface area contributed by atoms with Crippen molar-refractivity contribution >= 4 is 34.2 Å². The molecule has 2 rings (SSSR count). The van der Waals surface area contributed by atoms with Crippen LogP contribution in [0.25, 0.3) is 0 Å². The summed E-state index contributed by atoms with van der Waals surface area (Å²) in [5, 5.41) is 2.92. The van der Waals surface area contributed by atoms with Gasteiger partial charge in [-0.25, -0.2) is 9.59 Å². The van der Waals surface area contributed by atoms with Crippen LogP contribution in [0.1, 0.15) is 63.6 Å². The molecule has 0 saturated heterocycles. The molecule has 7 nitrogen and oxygen atoms in total. The van der Waals surface area contributed by atoms with Gasteiger partial charge in [0, 0.05) is 12.4 Å². The second kappa shape index (κ2) is 8.77. The molecule has 27 heavy (non-hydrogen) atoms. The fourth-order valence-electron chi connectivity index (χ4n) is 2.25. The monoisotopic (exact) mass is 390 g/mol. The minimum atomic E-state index is -0.608. The number of thiophene rings is 1. The summed E-state index contributed by atoms with van der Waals surface area (Å²) in [5.74, 6) is -1.59. The molecule has 0 saturated carbocycles. The van der Waals surface area contributed by atoms with Crippen molar-refractivity contribution in [2.75, 3.05) is 5.32 Å². The van der Waals surface area contributed by atoms with E-state index in [4.69, 9.17) is 9.47 Å². The van der Waals surface area contributed by atoms with Crippen molar-refractivity contribution in [3.63, 3.8) is 0 Å². The maximum atomic E-state index is 12.5. The Balaban J connectivity index is 2.42. The highest BCUT2D eigenvalue weighted by Gasteiger charge is 2.28. The molecular formula is C19H22N2O5S. The second-order valence-corrected chi connectivity index (χ2v) is 7.38. The molecule has 0 aromatic carbocycles. The summed E-state index contributed by atoms with van der Waals surface area (Å²) in [4.78, 5) is 41.5. The molecule has 0 radical (unpaired) electrons. The average molecular weight is 390 g/mol. The highest BCUT2D eigenvalue weighted by molar-refractivity contribution is 7.18. The SMILES string of the molecule is Cc1c(C(=O)OC(C)C)sc(NC(=O)c2cccnc2)c1C(=O)OC(C)C. The van der Waals surface area contributed by atoms with Gasteiger partial charge in [0.25, 0.3) is 5.91 Å². The number of ether oxygens (including phenoxy) is 2. The quantitative estimate of drug-likeness (QED) is 0.753. The van der Waals surface area contributed by atoms with Gasteiger partial charge in [-0.2, -0.15) is 0 Å². The van der Waals surface area contributed by atoms with Gasteiger partial charge in [-0.1, -0.05) is 0 Å². The molecule has 2 heterocycles. The molecule has 0 fully saturated rings. The molecule has 0 spiro atoms. The van der Waals surface area contributed by atoms with E-state index in [-0.39, 0.29) is 27.6 Å². The van der Waals surface area contributed by atoms with E-state index in [1.807, 2.05) is 0 Å². The van der Waals surface area contributed by atoms with Crippen LogP contribution in [-0.4, -0.2) is 35.0 Å². The molecule has 1 amide bonds. The van der Waals surface area contributed by atoms with Crippen LogP contribution in [0.4, 0.5) is 5.00 Å². The van der Waals surface area contributed by atoms with Gasteiger partial charge in [0.05, 0.1) is 23.3 Å². The maximum Gasteiger partial charge on any atom is 0.348 e. The van der Waals surface area contributed by atoms with E-state index < -0.39 is 17.8 Å². The Labute approximate surface area is 161 Å². The lowest BCUT2D eigenvalue weighted by molar-refractivity contribution is 0.0378. The number of carbonyl (C=O) groups excluding carboxylic acids is 3. The third-order valence-corrected chi connectivity index (χ3v) is 4.56. The minimum Gasteiger partial charge on any atom is -0.459 e. The predicted molar refractivity (Wildman–Crippen MR) is 102 cm³/mol. The number of pyridine rings is 1. The fourth-order valence-corrected chi connectivity index (χ4v) is 3.33. The Hall–Kier alpha value is -2.74. The first kappa shape index (κ1) is 20.6. The van der Waals surface area contributed by atoms with Gasteiger partial charge < -0.3 is 14.8 Å². The van der Waals surface area contributed by atoms with E-state index in [1.54, 1.807) is 52.9 Å². The van der Waals surface area contributed by atoms with Crippen molar-refractivity contribution in [3.05, 3.63) is 46.1 Å². The summed E-state index contributed by atoms with van der Waals surface area (Å²) in [6, 6.07) is 3.23. The van der Waals surface area contributed by atoms with Crippen LogP contribution in [-0.2, 0) is 9.47 Å². The van der Waals surface area contributed by atoms with Crippen molar-refractivity contribution in [1.82, 2.24) is 4.98 Å². The smallest absolute Gasteiger partial charge is 0.348 e. The number of amides is 1. The van der Waals surface area contributed by atoms with Gasteiger partial charge in [0.1, 0.15) is 9.88 Å². The van der Waals surface area contributed by atoms with E-state index in [9.17, 15) is 14.4 Å². The number of hydrogen-bond acceptors (Lipinski definition) is 7. The van der Waals surface area contributed by atoms with Gasteiger partial charge >= 0.3 is 11.9 Å². The minimum absolute atomic E-state index is 0.154. The summed E-state index contributed by atoms with van der Waals surface area (Å²) in [6.07, 6.45) is 2.32. The Kier molecular flexibility index (Phi) is 6.68. The van der Waals surface area contributed by atoms with E-state index >= 15 is 0 Å². The van der Waals surface area contributed by atoms with Crippen LogP contribution < -0.4 is 5.32 Å². The predicted octanol–water partition coefficient (Wildman–Crippen LogP) is 3.83. The summed E-state index contributed by atoms with van der Waals surface area (Å²) in [7, 11) is 0. The molecule has 2 aromatic rings.